The molecule has 0 unspecified atom stereocenters. The largest absolute Gasteiger partial charge is 0.312 e. The maximum absolute atomic E-state index is 13.0. The smallest absolute Gasteiger partial charge is 0.243 e. The maximum atomic E-state index is 13.0. The lowest BCUT2D eigenvalue weighted by atomic mass is 9.53. The van der Waals surface area contributed by atoms with E-state index in [9.17, 15) is 8.42 Å². The predicted octanol–water partition coefficient (Wildman–Crippen LogP) is 3.61. The van der Waals surface area contributed by atoms with Crippen molar-refractivity contribution in [2.45, 2.75) is 68.3 Å². The van der Waals surface area contributed by atoms with Crippen LogP contribution in [0.3, 0.4) is 0 Å². The summed E-state index contributed by atoms with van der Waals surface area (Å²) < 4.78 is 34.2. The zero-order valence-electron chi connectivity index (χ0n) is 16.9. The highest BCUT2D eigenvalue weighted by Crippen LogP contribution is 2.63. The minimum atomic E-state index is -3.49. The van der Waals surface area contributed by atoms with E-state index in [1.165, 1.54) is 32.1 Å². The van der Waals surface area contributed by atoms with Crippen LogP contribution >= 0.6 is 0 Å². The summed E-state index contributed by atoms with van der Waals surface area (Å²) in [6, 6.07) is 7.05. The molecule has 0 aromatic heterocycles. The monoisotopic (exact) mass is 419 g/mol. The molecule has 1 aromatic rings. The van der Waals surface area contributed by atoms with E-state index in [4.69, 9.17) is 14.5 Å². The molecule has 2 heterocycles. The van der Waals surface area contributed by atoms with Crippen molar-refractivity contribution in [3.63, 3.8) is 0 Å². The number of rotatable bonds is 2. The van der Waals surface area contributed by atoms with Crippen LogP contribution in [0.1, 0.15) is 50.5 Å². The number of hydrogen-bond donors (Lipinski definition) is 0. The predicted molar refractivity (Wildman–Crippen MR) is 105 cm³/mol. The topological polar surface area (TPSA) is 65.1 Å². The molecule has 0 radical (unpaired) electrons. The van der Waals surface area contributed by atoms with Crippen LogP contribution in [0.5, 0.6) is 0 Å². The number of aryl methyl sites for hydroxylation is 1. The zero-order valence-corrected chi connectivity index (χ0v) is 17.7. The zero-order chi connectivity index (χ0) is 19.9. The van der Waals surface area contributed by atoms with Gasteiger partial charge in [-0.3, -0.25) is 0 Å². The average Bonchev–Trinajstić information content (AvgIpc) is 3.06. The Bertz CT molecular complexity index is 876. The van der Waals surface area contributed by atoms with Gasteiger partial charge in [-0.05, 0) is 63.0 Å². The Kier molecular flexibility index (Phi) is 4.05. The van der Waals surface area contributed by atoms with E-state index in [0.717, 1.165) is 17.4 Å². The lowest BCUT2D eigenvalue weighted by Crippen LogP contribution is -2.59. The standard InChI is InChI=1S/C22H29NO5S/c1-15-2-4-20(5-3-15)29(24,25)23-8-6-21(7-9-23)26-22(28-27-21)18-11-16-10-17(13-18)14-19(22)12-16/h2-5,16-19H,6-14H2,1H3. The Morgan fingerprint density at radius 3 is 2.07 bits per heavy atom. The molecule has 2 spiro atoms. The number of sulfonamides is 1. The fraction of sp³-hybridized carbons (Fsp3) is 0.727. The Morgan fingerprint density at radius 1 is 0.897 bits per heavy atom. The number of hydrogen-bond acceptors (Lipinski definition) is 5. The molecule has 2 aliphatic heterocycles. The lowest BCUT2D eigenvalue weighted by molar-refractivity contribution is -0.390. The maximum Gasteiger partial charge on any atom is 0.243 e. The van der Waals surface area contributed by atoms with E-state index in [1.807, 2.05) is 19.1 Å². The highest BCUT2D eigenvalue weighted by molar-refractivity contribution is 7.89. The summed E-state index contributed by atoms with van der Waals surface area (Å²) in [5.41, 5.74) is 1.05. The molecule has 6 nitrogen and oxygen atoms in total. The van der Waals surface area contributed by atoms with Crippen molar-refractivity contribution >= 4 is 10.0 Å². The summed E-state index contributed by atoms with van der Waals surface area (Å²) in [7, 11) is -3.49. The minimum Gasteiger partial charge on any atom is -0.312 e. The van der Waals surface area contributed by atoms with E-state index in [0.29, 0.717) is 42.7 Å². The first-order valence-corrected chi connectivity index (χ1v) is 12.5. The van der Waals surface area contributed by atoms with Crippen LogP contribution in [-0.4, -0.2) is 37.4 Å². The molecule has 4 saturated carbocycles. The second-order valence-electron chi connectivity index (χ2n) is 9.92. The highest BCUT2D eigenvalue weighted by Gasteiger charge is 2.67. The van der Waals surface area contributed by atoms with Gasteiger partial charge >= 0.3 is 0 Å². The number of piperidine rings is 1. The Morgan fingerprint density at radius 2 is 1.48 bits per heavy atom. The van der Waals surface area contributed by atoms with Crippen LogP contribution in [0.4, 0.5) is 0 Å². The average molecular weight is 420 g/mol. The van der Waals surface area contributed by atoms with E-state index in [1.54, 1.807) is 16.4 Å². The van der Waals surface area contributed by atoms with Gasteiger partial charge in [0.1, 0.15) is 0 Å². The molecule has 4 bridgehead atoms. The van der Waals surface area contributed by atoms with Crippen molar-refractivity contribution in [2.75, 3.05) is 13.1 Å². The van der Waals surface area contributed by atoms with E-state index in [2.05, 4.69) is 0 Å². The Labute approximate surface area is 172 Å². The van der Waals surface area contributed by atoms with Gasteiger partial charge in [0, 0.05) is 37.8 Å². The van der Waals surface area contributed by atoms with Crippen molar-refractivity contribution in [3.8, 4) is 0 Å². The molecule has 7 rings (SSSR count). The number of benzene rings is 1. The summed E-state index contributed by atoms with van der Waals surface area (Å²) in [6.07, 6.45) is 7.11. The summed E-state index contributed by atoms with van der Waals surface area (Å²) >= 11 is 0. The second kappa shape index (κ2) is 6.26. The Balaban J connectivity index is 1.18. The normalized spacial score (nSPS) is 40.9. The van der Waals surface area contributed by atoms with Crippen LogP contribution in [0.25, 0.3) is 0 Å². The van der Waals surface area contributed by atoms with Crippen LogP contribution in [0.15, 0.2) is 29.2 Å². The third kappa shape index (κ3) is 2.78. The third-order valence-corrected chi connectivity index (χ3v) is 10.0. The van der Waals surface area contributed by atoms with Gasteiger partial charge in [0.25, 0.3) is 0 Å². The first-order chi connectivity index (χ1) is 13.9. The second-order valence-corrected chi connectivity index (χ2v) is 11.9. The molecule has 6 fully saturated rings. The first-order valence-electron chi connectivity index (χ1n) is 11.0. The fourth-order valence-corrected chi connectivity index (χ4v) is 8.16. The molecule has 0 N–H and O–H groups in total. The molecular formula is C22H29NO5S. The van der Waals surface area contributed by atoms with Crippen molar-refractivity contribution in [2.24, 2.45) is 23.7 Å². The van der Waals surface area contributed by atoms with Crippen molar-refractivity contribution < 1.29 is 22.9 Å². The van der Waals surface area contributed by atoms with E-state index < -0.39 is 21.6 Å². The summed E-state index contributed by atoms with van der Waals surface area (Å²) in [6.45, 7) is 2.72. The fourth-order valence-electron chi connectivity index (χ4n) is 6.72. The molecule has 158 valence electrons. The quantitative estimate of drug-likeness (QED) is 0.685. The SMILES string of the molecule is Cc1ccc(S(=O)(=O)N2CCC3(CC2)OOC2(O3)C3CC4CC(C3)CC2C4)cc1. The molecule has 0 atom stereocenters. The van der Waals surface area contributed by atoms with Gasteiger partial charge in [-0.1, -0.05) is 17.7 Å². The van der Waals surface area contributed by atoms with Crippen LogP contribution in [0, 0.1) is 30.6 Å². The van der Waals surface area contributed by atoms with Crippen molar-refractivity contribution in [1.82, 2.24) is 4.31 Å². The van der Waals surface area contributed by atoms with E-state index in [-0.39, 0.29) is 0 Å². The summed E-state index contributed by atoms with van der Waals surface area (Å²) in [5, 5.41) is 0. The van der Waals surface area contributed by atoms with Gasteiger partial charge in [0.2, 0.25) is 21.6 Å². The van der Waals surface area contributed by atoms with Gasteiger partial charge in [-0.15, -0.1) is 0 Å². The minimum absolute atomic E-state index is 0.348. The van der Waals surface area contributed by atoms with Gasteiger partial charge in [0.05, 0.1) is 4.90 Å². The molecule has 29 heavy (non-hydrogen) atoms. The molecule has 7 heteroatoms. The first kappa shape index (κ1) is 18.8. The molecule has 4 aliphatic carbocycles. The van der Waals surface area contributed by atoms with Gasteiger partial charge in [-0.25, -0.2) is 8.42 Å². The van der Waals surface area contributed by atoms with Crippen LogP contribution in [-0.2, 0) is 24.5 Å². The van der Waals surface area contributed by atoms with Gasteiger partial charge in [-0.2, -0.15) is 14.1 Å². The van der Waals surface area contributed by atoms with Crippen LogP contribution < -0.4 is 0 Å². The van der Waals surface area contributed by atoms with Gasteiger partial charge < -0.3 is 4.74 Å². The summed E-state index contributed by atoms with van der Waals surface area (Å²) in [4.78, 5) is 12.3. The van der Waals surface area contributed by atoms with E-state index >= 15 is 0 Å². The van der Waals surface area contributed by atoms with Crippen molar-refractivity contribution in [1.29, 1.82) is 0 Å². The van der Waals surface area contributed by atoms with Crippen LogP contribution in [0.2, 0.25) is 0 Å². The molecule has 1 aromatic carbocycles. The lowest BCUT2D eigenvalue weighted by Gasteiger charge is -2.57. The molecular weight excluding hydrogens is 390 g/mol. The highest BCUT2D eigenvalue weighted by atomic mass is 32.2. The third-order valence-electron chi connectivity index (χ3n) is 8.09. The molecule has 6 aliphatic rings. The number of nitrogens with zero attached hydrogens (tertiary/aromatic N) is 1. The molecule has 2 saturated heterocycles. The summed E-state index contributed by atoms with van der Waals surface area (Å²) in [5.74, 6) is 1.11. The molecule has 0 amide bonds. The van der Waals surface area contributed by atoms with Crippen molar-refractivity contribution in [3.05, 3.63) is 29.8 Å². The number of ether oxygens (including phenoxy) is 1. The van der Waals surface area contributed by atoms with Gasteiger partial charge in [0.15, 0.2) is 0 Å². The Hall–Kier alpha value is -0.990.